The Balaban J connectivity index is 1.60. The van der Waals surface area contributed by atoms with Gasteiger partial charge in [0.25, 0.3) is 0 Å². The Morgan fingerprint density at radius 3 is 2.10 bits per heavy atom. The van der Waals surface area contributed by atoms with Crippen molar-refractivity contribution in [3.63, 3.8) is 0 Å². The average Bonchev–Trinajstić information content (AvgIpc) is 3.44. The molecule has 2 atom stereocenters. The minimum Gasteiger partial charge on any atom is -0.493 e. The second kappa shape index (κ2) is 15.2. The average molecular weight is 716 g/mol. The molecule has 258 valence electrons. The Bertz CT molecular complexity index is 1720. The number of amides is 2. The molecule has 0 bridgehead atoms. The molecule has 0 spiro atoms. The van der Waals surface area contributed by atoms with Crippen molar-refractivity contribution >= 4 is 44.9 Å². The van der Waals surface area contributed by atoms with Crippen LogP contribution in [0.25, 0.3) is 0 Å². The van der Waals surface area contributed by atoms with E-state index in [1.165, 1.54) is 6.26 Å². The minimum atomic E-state index is -3.09. The number of amidine groups is 1. The van der Waals surface area contributed by atoms with Gasteiger partial charge in [-0.3, -0.25) is 14.8 Å². The molecule has 5 rings (SSSR count). The fourth-order valence-corrected chi connectivity index (χ4v) is 7.15. The number of urea groups is 1. The largest absolute Gasteiger partial charge is 0.493 e. The number of carbonyl (C=O) groups excluding carboxylic acids is 1. The number of methoxy groups -OCH3 is 1. The lowest BCUT2D eigenvalue weighted by Gasteiger charge is -2.39. The van der Waals surface area contributed by atoms with Crippen molar-refractivity contribution in [2.45, 2.75) is 38.3 Å². The first-order chi connectivity index (χ1) is 22.8. The van der Waals surface area contributed by atoms with E-state index >= 15 is 0 Å². The minimum absolute atomic E-state index is 0.0860. The zero-order chi connectivity index (χ0) is 34.6. The molecule has 0 aromatic heterocycles. The third kappa shape index (κ3) is 8.34. The number of piperazine rings is 1. The maximum atomic E-state index is 14.8. The summed E-state index contributed by atoms with van der Waals surface area (Å²) in [6.07, 6.45) is 1.25. The summed E-state index contributed by atoms with van der Waals surface area (Å²) in [5.74, 6) is 1.23. The van der Waals surface area contributed by atoms with Gasteiger partial charge in [-0.05, 0) is 60.0 Å². The smallest absolute Gasteiger partial charge is 0.326 e. The topological polar surface area (TPSA) is 91.8 Å². The fraction of sp³-hybridized carbons (Fsp3) is 0.444. The van der Waals surface area contributed by atoms with E-state index < -0.39 is 21.9 Å². The second-order valence-corrected chi connectivity index (χ2v) is 16.2. The standard InChI is InChI=1S/C36H44Cl2N4O5S/c1-6-47-31-23-27(36(2,3)24-46-4)11-16-30(31)34-39-32(25-7-12-28(37)13-8-25)33(26-9-14-29(38)15-10-26)42(34)35(43)41-19-17-40(18-20-41)21-22-48(5,44)45/h7-16,23,32-33H,6,17-22,24H2,1-5H3/t32-,33+/m0/s1. The van der Waals surface area contributed by atoms with Gasteiger partial charge in [-0.1, -0.05) is 67.4 Å². The van der Waals surface area contributed by atoms with Crippen LogP contribution < -0.4 is 4.74 Å². The Morgan fingerprint density at radius 2 is 1.54 bits per heavy atom. The molecule has 0 unspecified atom stereocenters. The van der Waals surface area contributed by atoms with Gasteiger partial charge in [0, 0.05) is 61.5 Å². The summed E-state index contributed by atoms with van der Waals surface area (Å²) in [5.41, 5.74) is 3.27. The van der Waals surface area contributed by atoms with Gasteiger partial charge < -0.3 is 14.4 Å². The lowest BCUT2D eigenvalue weighted by atomic mass is 9.85. The van der Waals surface area contributed by atoms with E-state index in [9.17, 15) is 13.2 Å². The zero-order valence-electron chi connectivity index (χ0n) is 28.2. The molecule has 48 heavy (non-hydrogen) atoms. The van der Waals surface area contributed by atoms with Crippen LogP contribution in [0.15, 0.2) is 71.7 Å². The number of rotatable bonds is 11. The highest BCUT2D eigenvalue weighted by Crippen LogP contribution is 2.46. The first-order valence-corrected chi connectivity index (χ1v) is 19.0. The third-order valence-electron chi connectivity index (χ3n) is 8.93. The molecule has 1 fully saturated rings. The molecule has 9 nitrogen and oxygen atoms in total. The lowest BCUT2D eigenvalue weighted by Crippen LogP contribution is -2.54. The van der Waals surface area contributed by atoms with Crippen LogP contribution in [-0.2, 0) is 20.0 Å². The van der Waals surface area contributed by atoms with Gasteiger partial charge in [-0.25, -0.2) is 13.2 Å². The van der Waals surface area contributed by atoms with Gasteiger partial charge in [0.05, 0.1) is 30.6 Å². The number of aliphatic imine (C=N–C) groups is 1. The highest BCUT2D eigenvalue weighted by atomic mass is 35.5. The molecule has 0 radical (unpaired) electrons. The van der Waals surface area contributed by atoms with E-state index in [4.69, 9.17) is 37.7 Å². The molecule has 3 aromatic rings. The predicted molar refractivity (Wildman–Crippen MR) is 192 cm³/mol. The van der Waals surface area contributed by atoms with Gasteiger partial charge in [-0.15, -0.1) is 0 Å². The molecule has 1 saturated heterocycles. The molecular weight excluding hydrogens is 671 g/mol. The van der Waals surface area contributed by atoms with Crippen molar-refractivity contribution in [2.24, 2.45) is 4.99 Å². The van der Waals surface area contributed by atoms with Crippen molar-refractivity contribution in [3.05, 3.63) is 99.0 Å². The Morgan fingerprint density at radius 1 is 0.938 bits per heavy atom. The second-order valence-electron chi connectivity index (χ2n) is 13.0. The lowest BCUT2D eigenvalue weighted by molar-refractivity contribution is 0.122. The van der Waals surface area contributed by atoms with Crippen LogP contribution in [0.5, 0.6) is 5.75 Å². The van der Waals surface area contributed by atoms with Crippen LogP contribution in [0.3, 0.4) is 0 Å². The molecule has 0 saturated carbocycles. The molecule has 2 heterocycles. The number of hydrogen-bond acceptors (Lipinski definition) is 7. The van der Waals surface area contributed by atoms with Crippen LogP contribution in [0.4, 0.5) is 4.79 Å². The maximum Gasteiger partial charge on any atom is 0.326 e. The molecule has 0 N–H and O–H groups in total. The van der Waals surface area contributed by atoms with Crippen molar-refractivity contribution in [1.29, 1.82) is 0 Å². The zero-order valence-corrected chi connectivity index (χ0v) is 30.5. The van der Waals surface area contributed by atoms with Gasteiger partial charge in [0.15, 0.2) is 0 Å². The Kier molecular flexibility index (Phi) is 11.4. The quantitative estimate of drug-likeness (QED) is 0.221. The van der Waals surface area contributed by atoms with Crippen LogP contribution in [-0.4, -0.2) is 100 Å². The van der Waals surface area contributed by atoms with Gasteiger partial charge in [-0.2, -0.15) is 0 Å². The van der Waals surface area contributed by atoms with Crippen LogP contribution in [0.2, 0.25) is 10.0 Å². The summed E-state index contributed by atoms with van der Waals surface area (Å²) in [6, 6.07) is 20.1. The van der Waals surface area contributed by atoms with Crippen molar-refractivity contribution in [3.8, 4) is 5.75 Å². The predicted octanol–water partition coefficient (Wildman–Crippen LogP) is 6.64. The summed E-state index contributed by atoms with van der Waals surface area (Å²) in [6.45, 7) is 9.61. The Labute approximate surface area is 294 Å². The fourth-order valence-electron chi connectivity index (χ4n) is 6.31. The number of nitrogens with zero attached hydrogens (tertiary/aromatic N) is 4. The van der Waals surface area contributed by atoms with Crippen LogP contribution >= 0.6 is 23.2 Å². The normalized spacial score (nSPS) is 19.0. The van der Waals surface area contributed by atoms with E-state index in [1.54, 1.807) is 12.0 Å². The number of carbonyl (C=O) groups is 1. The summed E-state index contributed by atoms with van der Waals surface area (Å²) in [4.78, 5) is 25.9. The van der Waals surface area contributed by atoms with Crippen molar-refractivity contribution < 1.29 is 22.7 Å². The summed E-state index contributed by atoms with van der Waals surface area (Å²) in [7, 11) is -1.40. The van der Waals surface area contributed by atoms with E-state index in [1.807, 2.05) is 72.5 Å². The molecule has 2 aliphatic heterocycles. The van der Waals surface area contributed by atoms with E-state index in [0.717, 1.165) is 16.7 Å². The van der Waals surface area contributed by atoms with Crippen molar-refractivity contribution in [1.82, 2.24) is 14.7 Å². The number of hydrogen-bond donors (Lipinski definition) is 0. The first kappa shape index (κ1) is 36.1. The Hall–Kier alpha value is -3.15. The summed E-state index contributed by atoms with van der Waals surface area (Å²) >= 11 is 12.6. The molecular formula is C36H44Cl2N4O5S. The monoisotopic (exact) mass is 714 g/mol. The van der Waals surface area contributed by atoms with Crippen molar-refractivity contribution in [2.75, 3.05) is 65.1 Å². The summed E-state index contributed by atoms with van der Waals surface area (Å²) < 4.78 is 35.3. The highest BCUT2D eigenvalue weighted by molar-refractivity contribution is 7.90. The molecule has 0 aliphatic carbocycles. The van der Waals surface area contributed by atoms with E-state index in [2.05, 4.69) is 24.8 Å². The molecule has 2 aliphatic rings. The third-order valence-corrected chi connectivity index (χ3v) is 10.4. The molecule has 2 amide bonds. The molecule has 3 aromatic carbocycles. The van der Waals surface area contributed by atoms with Gasteiger partial charge in [0.2, 0.25) is 0 Å². The highest BCUT2D eigenvalue weighted by Gasteiger charge is 2.45. The van der Waals surface area contributed by atoms with E-state index in [-0.39, 0.29) is 17.2 Å². The van der Waals surface area contributed by atoms with E-state index in [0.29, 0.717) is 73.1 Å². The SMILES string of the molecule is CCOc1cc(C(C)(C)COC)ccc1C1=N[C@@H](c2ccc(Cl)cc2)[C@@H](c2ccc(Cl)cc2)N1C(=O)N1CCN(CCS(C)(=O)=O)CC1. The number of halogens is 2. The van der Waals surface area contributed by atoms with Crippen LogP contribution in [0.1, 0.15) is 55.1 Å². The maximum absolute atomic E-state index is 14.8. The van der Waals surface area contributed by atoms with Gasteiger partial charge >= 0.3 is 6.03 Å². The first-order valence-electron chi connectivity index (χ1n) is 16.1. The number of sulfone groups is 1. The number of benzene rings is 3. The molecule has 12 heteroatoms. The van der Waals surface area contributed by atoms with Crippen LogP contribution in [0, 0.1) is 0 Å². The number of ether oxygens (including phenoxy) is 2. The summed E-state index contributed by atoms with van der Waals surface area (Å²) in [5, 5.41) is 1.20. The van der Waals surface area contributed by atoms with Gasteiger partial charge in [0.1, 0.15) is 27.5 Å².